The molecule has 0 aromatic carbocycles. The van der Waals surface area contributed by atoms with E-state index >= 15 is 0 Å². The molecule has 1 spiro atoms. The molecule has 0 aliphatic carbocycles. The normalized spacial score (nSPS) is 21.5. The first-order chi connectivity index (χ1) is 12.0. The molecule has 0 unspecified atom stereocenters. The molecule has 1 atom stereocenters. The van der Waals surface area contributed by atoms with Crippen LogP contribution in [0.5, 0.6) is 0 Å². The zero-order chi connectivity index (χ0) is 17.4. The first-order valence-electron chi connectivity index (χ1n) is 8.63. The summed E-state index contributed by atoms with van der Waals surface area (Å²) in [7, 11) is 1.91. The predicted octanol–water partition coefficient (Wildman–Crippen LogP) is 2.65. The third-order valence-electron chi connectivity index (χ3n) is 5.00. The number of hydrogen-bond acceptors (Lipinski definition) is 4. The van der Waals surface area contributed by atoms with Crippen molar-refractivity contribution in [2.75, 3.05) is 18.8 Å². The van der Waals surface area contributed by atoms with E-state index in [-0.39, 0.29) is 16.8 Å². The Morgan fingerprint density at radius 3 is 2.92 bits per heavy atom. The lowest BCUT2D eigenvalue weighted by Gasteiger charge is -2.47. The van der Waals surface area contributed by atoms with E-state index in [1.165, 1.54) is 0 Å². The number of carbonyl (C=O) groups excluding carboxylic acids is 1. The van der Waals surface area contributed by atoms with Gasteiger partial charge in [0.25, 0.3) is 5.91 Å². The smallest absolute Gasteiger partial charge is 0.270 e. The monoisotopic (exact) mass is 357 g/mol. The highest BCUT2D eigenvalue weighted by molar-refractivity contribution is 8.01. The van der Waals surface area contributed by atoms with Crippen molar-refractivity contribution in [1.82, 2.24) is 14.5 Å². The fourth-order valence-electron chi connectivity index (χ4n) is 3.65. The van der Waals surface area contributed by atoms with Crippen molar-refractivity contribution in [2.45, 2.75) is 30.8 Å². The second-order valence-electron chi connectivity index (χ2n) is 7.07. The Hall–Kier alpha value is -1.79. The number of aryl methyl sites for hydroxylation is 2. The van der Waals surface area contributed by atoms with E-state index in [4.69, 9.17) is 4.74 Å². The summed E-state index contributed by atoms with van der Waals surface area (Å²) in [6, 6.07) is 9.82. The summed E-state index contributed by atoms with van der Waals surface area (Å²) in [5.41, 5.74) is 2.77. The van der Waals surface area contributed by atoms with Gasteiger partial charge >= 0.3 is 0 Å². The number of carbonyl (C=O) groups is 1. The Morgan fingerprint density at radius 2 is 2.20 bits per heavy atom. The van der Waals surface area contributed by atoms with Gasteiger partial charge in [-0.1, -0.05) is 6.07 Å². The molecule has 2 aliphatic rings. The second-order valence-corrected chi connectivity index (χ2v) is 8.56. The van der Waals surface area contributed by atoms with Gasteiger partial charge in [-0.15, -0.1) is 11.8 Å². The topological polar surface area (TPSA) is 47.4 Å². The van der Waals surface area contributed by atoms with Crippen molar-refractivity contribution < 1.29 is 9.53 Å². The zero-order valence-corrected chi connectivity index (χ0v) is 15.5. The fourth-order valence-corrected chi connectivity index (χ4v) is 5.20. The van der Waals surface area contributed by atoms with Gasteiger partial charge in [-0.05, 0) is 37.6 Å². The van der Waals surface area contributed by atoms with Crippen LogP contribution in [-0.4, -0.2) is 50.1 Å². The number of pyridine rings is 1. The number of ether oxygens (including phenoxy) is 1. The van der Waals surface area contributed by atoms with Crippen molar-refractivity contribution >= 4 is 17.7 Å². The maximum atomic E-state index is 12.5. The van der Waals surface area contributed by atoms with Gasteiger partial charge in [-0.25, -0.2) is 0 Å². The number of rotatable bonds is 4. The standard InChI is InChI=1S/C19H23N3O2S/c1-14-5-3-6-15(20-14)10-24-16-9-19(25-11-16)12-22(13-19)18(23)17-7-4-8-21(17)2/h3-8,16H,9-13H2,1-2H3/t16-/m0/s1. The van der Waals surface area contributed by atoms with Crippen LogP contribution in [0.25, 0.3) is 0 Å². The summed E-state index contributed by atoms with van der Waals surface area (Å²) < 4.78 is 8.14. The maximum absolute atomic E-state index is 12.5. The van der Waals surface area contributed by atoms with Crippen LogP contribution >= 0.6 is 11.8 Å². The van der Waals surface area contributed by atoms with Gasteiger partial charge in [0.05, 0.1) is 23.2 Å². The molecular weight excluding hydrogens is 334 g/mol. The molecule has 4 heterocycles. The number of likely N-dealkylation sites (tertiary alicyclic amines) is 1. The van der Waals surface area contributed by atoms with Gasteiger partial charge in [0, 0.05) is 37.8 Å². The van der Waals surface area contributed by atoms with E-state index in [0.29, 0.717) is 6.61 Å². The SMILES string of the molecule is Cc1cccc(CO[C@@H]2CSC3(C2)CN(C(=O)c2cccn2C)C3)n1. The molecule has 6 heteroatoms. The molecule has 132 valence electrons. The van der Waals surface area contributed by atoms with Crippen molar-refractivity contribution in [3.63, 3.8) is 0 Å². The van der Waals surface area contributed by atoms with E-state index in [0.717, 1.165) is 42.3 Å². The Labute approximate surface area is 152 Å². The minimum atomic E-state index is 0.132. The van der Waals surface area contributed by atoms with Gasteiger partial charge in [-0.3, -0.25) is 9.78 Å². The van der Waals surface area contributed by atoms with Gasteiger partial charge < -0.3 is 14.2 Å². The van der Waals surface area contributed by atoms with Gasteiger partial charge in [0.2, 0.25) is 0 Å². The summed E-state index contributed by atoms with van der Waals surface area (Å²) in [6.07, 6.45) is 3.18. The summed E-state index contributed by atoms with van der Waals surface area (Å²) in [6.45, 7) is 4.21. The Balaban J connectivity index is 1.29. The van der Waals surface area contributed by atoms with Crippen LogP contribution in [0.2, 0.25) is 0 Å². The van der Waals surface area contributed by atoms with Crippen LogP contribution in [0, 0.1) is 6.92 Å². The van der Waals surface area contributed by atoms with Crippen LogP contribution in [0.4, 0.5) is 0 Å². The highest BCUT2D eigenvalue weighted by Crippen LogP contribution is 2.46. The molecule has 4 rings (SSSR count). The highest BCUT2D eigenvalue weighted by Gasteiger charge is 2.51. The molecule has 2 aromatic rings. The lowest BCUT2D eigenvalue weighted by Crippen LogP contribution is -2.61. The largest absolute Gasteiger partial charge is 0.371 e. The number of thioether (sulfide) groups is 1. The van der Waals surface area contributed by atoms with Crippen LogP contribution < -0.4 is 0 Å². The molecule has 2 fully saturated rings. The minimum absolute atomic E-state index is 0.132. The van der Waals surface area contributed by atoms with E-state index < -0.39 is 0 Å². The van der Waals surface area contributed by atoms with Crippen LogP contribution in [-0.2, 0) is 18.4 Å². The van der Waals surface area contributed by atoms with Gasteiger partial charge in [0.15, 0.2) is 0 Å². The number of amides is 1. The molecule has 0 saturated carbocycles. The first kappa shape index (κ1) is 16.7. The molecule has 0 radical (unpaired) electrons. The summed E-state index contributed by atoms with van der Waals surface area (Å²) in [5.74, 6) is 1.13. The fraction of sp³-hybridized carbons (Fsp3) is 0.474. The quantitative estimate of drug-likeness (QED) is 0.844. The number of nitrogens with zero attached hydrogens (tertiary/aromatic N) is 3. The Morgan fingerprint density at radius 1 is 1.36 bits per heavy atom. The molecule has 1 amide bonds. The van der Waals surface area contributed by atoms with Crippen LogP contribution in [0.1, 0.15) is 28.3 Å². The Bertz CT molecular complexity index is 782. The third-order valence-corrected chi connectivity index (χ3v) is 6.57. The van der Waals surface area contributed by atoms with Crippen molar-refractivity contribution in [3.8, 4) is 0 Å². The average Bonchev–Trinajstić information content (AvgIpc) is 3.17. The Kier molecular flexibility index (Phi) is 4.33. The molecule has 2 aromatic heterocycles. The maximum Gasteiger partial charge on any atom is 0.270 e. The highest BCUT2D eigenvalue weighted by atomic mass is 32.2. The van der Waals surface area contributed by atoms with Crippen molar-refractivity contribution in [1.29, 1.82) is 0 Å². The van der Waals surface area contributed by atoms with Gasteiger partial charge in [-0.2, -0.15) is 0 Å². The number of aromatic nitrogens is 2. The summed E-state index contributed by atoms with van der Waals surface area (Å²) in [4.78, 5) is 19.0. The zero-order valence-electron chi connectivity index (χ0n) is 14.6. The summed E-state index contributed by atoms with van der Waals surface area (Å²) in [5, 5.41) is 0. The molecule has 0 bridgehead atoms. The van der Waals surface area contributed by atoms with E-state index in [1.54, 1.807) is 0 Å². The van der Waals surface area contributed by atoms with Gasteiger partial charge in [0.1, 0.15) is 5.69 Å². The second kappa shape index (κ2) is 6.50. The summed E-state index contributed by atoms with van der Waals surface area (Å²) >= 11 is 1.95. The van der Waals surface area contributed by atoms with Crippen molar-refractivity contribution in [2.24, 2.45) is 7.05 Å². The van der Waals surface area contributed by atoms with E-state index in [9.17, 15) is 4.79 Å². The van der Waals surface area contributed by atoms with Crippen molar-refractivity contribution in [3.05, 3.63) is 53.6 Å². The first-order valence-corrected chi connectivity index (χ1v) is 9.62. The predicted molar refractivity (Wildman–Crippen MR) is 98.7 cm³/mol. The molecular formula is C19H23N3O2S. The molecule has 2 saturated heterocycles. The lowest BCUT2D eigenvalue weighted by atomic mass is 9.92. The van der Waals surface area contributed by atoms with E-state index in [1.807, 2.05) is 71.7 Å². The molecule has 5 nitrogen and oxygen atoms in total. The number of hydrogen-bond donors (Lipinski definition) is 0. The van der Waals surface area contributed by atoms with E-state index in [2.05, 4.69) is 4.98 Å². The average molecular weight is 357 g/mol. The minimum Gasteiger partial charge on any atom is -0.371 e. The lowest BCUT2D eigenvalue weighted by molar-refractivity contribution is 0.0241. The van der Waals surface area contributed by atoms with Crippen LogP contribution in [0.15, 0.2) is 36.5 Å². The third kappa shape index (κ3) is 3.33. The molecule has 0 N–H and O–H groups in total. The van der Waals surface area contributed by atoms with Crippen LogP contribution in [0.3, 0.4) is 0 Å². The molecule has 2 aliphatic heterocycles. The molecule has 25 heavy (non-hydrogen) atoms.